The van der Waals surface area contributed by atoms with Crippen LogP contribution in [0.4, 0.5) is 0 Å². The Morgan fingerprint density at radius 3 is 2.44 bits per heavy atom. The number of nitriles is 1. The number of sulfonamides is 1. The van der Waals surface area contributed by atoms with Gasteiger partial charge in [-0.2, -0.15) is 9.57 Å². The molecule has 1 aromatic rings. The molecule has 8 nitrogen and oxygen atoms in total. The highest BCUT2D eigenvalue weighted by atomic mass is 32.2. The standard InChI is InChI=1S/C18H23N3O5S/c1-2-26-17(22)7-10-20-18(23)15-8-11-21(12-9-15)27(24,25)16-5-3-14(13-19)4-6-16/h3-6,15H,2,7-12H2,1H3,(H,20,23). The molecule has 1 amide bonds. The van der Waals surface area contributed by atoms with Gasteiger partial charge in [0.1, 0.15) is 0 Å². The topological polar surface area (TPSA) is 117 Å². The van der Waals surface area contributed by atoms with Crippen LogP contribution in [-0.4, -0.2) is 50.8 Å². The Morgan fingerprint density at radius 2 is 1.89 bits per heavy atom. The number of nitrogens with zero attached hydrogens (tertiary/aromatic N) is 2. The number of hydrogen-bond donors (Lipinski definition) is 1. The summed E-state index contributed by atoms with van der Waals surface area (Å²) in [5, 5.41) is 11.5. The van der Waals surface area contributed by atoms with E-state index in [0.717, 1.165) is 0 Å². The molecule has 0 bridgehead atoms. The zero-order valence-corrected chi connectivity index (χ0v) is 16.0. The lowest BCUT2D eigenvalue weighted by Crippen LogP contribution is -2.43. The van der Waals surface area contributed by atoms with E-state index in [2.05, 4.69) is 5.32 Å². The Bertz CT molecular complexity index is 806. The van der Waals surface area contributed by atoms with Gasteiger partial charge in [0.15, 0.2) is 0 Å². The van der Waals surface area contributed by atoms with E-state index in [4.69, 9.17) is 10.00 Å². The average molecular weight is 393 g/mol. The minimum absolute atomic E-state index is 0.117. The smallest absolute Gasteiger partial charge is 0.307 e. The van der Waals surface area contributed by atoms with Crippen LogP contribution in [0.3, 0.4) is 0 Å². The number of esters is 1. The first-order chi connectivity index (χ1) is 12.9. The molecular formula is C18H23N3O5S. The summed E-state index contributed by atoms with van der Waals surface area (Å²) < 4.78 is 31.5. The molecule has 2 rings (SSSR count). The lowest BCUT2D eigenvalue weighted by Gasteiger charge is -2.30. The van der Waals surface area contributed by atoms with Gasteiger partial charge in [-0.1, -0.05) is 0 Å². The van der Waals surface area contributed by atoms with E-state index in [1.807, 2.05) is 6.07 Å². The van der Waals surface area contributed by atoms with Crippen molar-refractivity contribution in [1.82, 2.24) is 9.62 Å². The Hall–Kier alpha value is -2.44. The van der Waals surface area contributed by atoms with E-state index in [9.17, 15) is 18.0 Å². The number of benzene rings is 1. The first-order valence-electron chi connectivity index (χ1n) is 8.82. The quantitative estimate of drug-likeness (QED) is 0.692. The highest BCUT2D eigenvalue weighted by molar-refractivity contribution is 7.89. The minimum atomic E-state index is -3.64. The van der Waals surface area contributed by atoms with Crippen molar-refractivity contribution in [3.05, 3.63) is 29.8 Å². The number of amides is 1. The van der Waals surface area contributed by atoms with Crippen molar-refractivity contribution in [1.29, 1.82) is 5.26 Å². The van der Waals surface area contributed by atoms with E-state index >= 15 is 0 Å². The second-order valence-electron chi connectivity index (χ2n) is 6.16. The normalized spacial score (nSPS) is 15.7. The van der Waals surface area contributed by atoms with Crippen molar-refractivity contribution >= 4 is 21.9 Å². The summed E-state index contributed by atoms with van der Waals surface area (Å²) >= 11 is 0. The van der Waals surface area contributed by atoms with Gasteiger partial charge in [0, 0.05) is 25.6 Å². The van der Waals surface area contributed by atoms with Crippen LogP contribution < -0.4 is 5.32 Å². The van der Waals surface area contributed by atoms with Crippen molar-refractivity contribution in [3.63, 3.8) is 0 Å². The highest BCUT2D eigenvalue weighted by Gasteiger charge is 2.32. The number of piperidine rings is 1. The molecule has 0 atom stereocenters. The lowest BCUT2D eigenvalue weighted by molar-refractivity contribution is -0.143. The maximum Gasteiger partial charge on any atom is 0.307 e. The van der Waals surface area contributed by atoms with Gasteiger partial charge in [-0.05, 0) is 44.0 Å². The van der Waals surface area contributed by atoms with Gasteiger partial charge in [-0.25, -0.2) is 8.42 Å². The minimum Gasteiger partial charge on any atom is -0.466 e. The lowest BCUT2D eigenvalue weighted by atomic mass is 9.97. The van der Waals surface area contributed by atoms with Crippen LogP contribution >= 0.6 is 0 Å². The molecule has 9 heteroatoms. The van der Waals surface area contributed by atoms with Crippen LogP contribution in [0, 0.1) is 17.2 Å². The third kappa shape index (κ3) is 5.52. The fourth-order valence-electron chi connectivity index (χ4n) is 2.87. The van der Waals surface area contributed by atoms with Gasteiger partial charge >= 0.3 is 5.97 Å². The predicted octanol–water partition coefficient (Wildman–Crippen LogP) is 1.03. The molecule has 1 aliphatic rings. The number of carbonyl (C=O) groups excluding carboxylic acids is 2. The summed E-state index contributed by atoms with van der Waals surface area (Å²) in [6, 6.07) is 7.73. The van der Waals surface area contributed by atoms with E-state index in [1.165, 1.54) is 28.6 Å². The summed E-state index contributed by atoms with van der Waals surface area (Å²) in [6.45, 7) is 2.73. The Morgan fingerprint density at radius 1 is 1.26 bits per heavy atom. The number of nitrogens with one attached hydrogen (secondary N) is 1. The van der Waals surface area contributed by atoms with E-state index in [1.54, 1.807) is 6.92 Å². The third-order valence-electron chi connectivity index (χ3n) is 4.38. The molecule has 0 spiro atoms. The number of carbonyl (C=O) groups is 2. The Kier molecular flexibility index (Phi) is 7.33. The highest BCUT2D eigenvalue weighted by Crippen LogP contribution is 2.24. The number of rotatable bonds is 7. The second-order valence-corrected chi connectivity index (χ2v) is 8.10. The molecule has 0 radical (unpaired) electrons. The maximum absolute atomic E-state index is 12.7. The summed E-state index contributed by atoms with van der Waals surface area (Å²) in [6.07, 6.45) is 0.951. The summed E-state index contributed by atoms with van der Waals surface area (Å²) in [5.74, 6) is -0.810. The van der Waals surface area contributed by atoms with Crippen molar-refractivity contribution in [2.45, 2.75) is 31.1 Å². The van der Waals surface area contributed by atoms with E-state index in [0.29, 0.717) is 25.0 Å². The monoisotopic (exact) mass is 393 g/mol. The molecule has 1 heterocycles. The van der Waals surface area contributed by atoms with Crippen LogP contribution in [0.2, 0.25) is 0 Å². The molecule has 1 aromatic carbocycles. The third-order valence-corrected chi connectivity index (χ3v) is 6.29. The first kappa shape index (κ1) is 20.9. The summed E-state index contributed by atoms with van der Waals surface area (Å²) in [7, 11) is -3.64. The second kappa shape index (κ2) is 9.48. The Balaban J connectivity index is 1.85. The zero-order valence-electron chi connectivity index (χ0n) is 15.2. The molecule has 0 aliphatic carbocycles. The molecule has 27 heavy (non-hydrogen) atoms. The van der Waals surface area contributed by atoms with Gasteiger partial charge in [-0.3, -0.25) is 9.59 Å². The molecular weight excluding hydrogens is 370 g/mol. The molecule has 0 aromatic heterocycles. The average Bonchev–Trinajstić information content (AvgIpc) is 2.68. The van der Waals surface area contributed by atoms with Crippen LogP contribution in [0.25, 0.3) is 0 Å². The SMILES string of the molecule is CCOC(=O)CCNC(=O)C1CCN(S(=O)(=O)c2ccc(C#N)cc2)CC1. The van der Waals surface area contributed by atoms with Crippen molar-refractivity contribution < 1.29 is 22.7 Å². The van der Waals surface area contributed by atoms with Crippen LogP contribution in [-0.2, 0) is 24.3 Å². The molecule has 0 saturated carbocycles. The zero-order chi connectivity index (χ0) is 19.9. The van der Waals surface area contributed by atoms with Gasteiger partial charge in [-0.15, -0.1) is 0 Å². The van der Waals surface area contributed by atoms with Gasteiger partial charge < -0.3 is 10.1 Å². The first-order valence-corrected chi connectivity index (χ1v) is 10.3. The molecule has 1 N–H and O–H groups in total. The molecule has 1 saturated heterocycles. The van der Waals surface area contributed by atoms with E-state index in [-0.39, 0.29) is 48.7 Å². The fourth-order valence-corrected chi connectivity index (χ4v) is 4.34. The predicted molar refractivity (Wildman–Crippen MR) is 96.9 cm³/mol. The van der Waals surface area contributed by atoms with Gasteiger partial charge in [0.25, 0.3) is 0 Å². The largest absolute Gasteiger partial charge is 0.466 e. The number of ether oxygens (including phenoxy) is 1. The summed E-state index contributed by atoms with van der Waals surface area (Å²) in [4.78, 5) is 23.6. The van der Waals surface area contributed by atoms with Crippen LogP contribution in [0.1, 0.15) is 31.7 Å². The van der Waals surface area contributed by atoms with Crippen LogP contribution in [0.5, 0.6) is 0 Å². The maximum atomic E-state index is 12.7. The Labute approximate surface area is 159 Å². The van der Waals surface area contributed by atoms with Crippen LogP contribution in [0.15, 0.2) is 29.2 Å². The molecule has 0 unspecified atom stereocenters. The van der Waals surface area contributed by atoms with Gasteiger partial charge in [0.2, 0.25) is 15.9 Å². The van der Waals surface area contributed by atoms with Crippen molar-refractivity contribution in [3.8, 4) is 6.07 Å². The molecule has 146 valence electrons. The number of hydrogen-bond acceptors (Lipinski definition) is 6. The summed E-state index contributed by atoms with van der Waals surface area (Å²) in [5.41, 5.74) is 0.396. The van der Waals surface area contributed by atoms with Gasteiger partial charge in [0.05, 0.1) is 29.6 Å². The van der Waals surface area contributed by atoms with Crippen molar-refractivity contribution in [2.75, 3.05) is 26.2 Å². The fraction of sp³-hybridized carbons (Fsp3) is 0.500. The van der Waals surface area contributed by atoms with Crippen molar-refractivity contribution in [2.24, 2.45) is 5.92 Å². The molecule has 1 fully saturated rings. The van der Waals surface area contributed by atoms with E-state index < -0.39 is 10.0 Å². The molecule has 1 aliphatic heterocycles.